The van der Waals surface area contributed by atoms with Crippen molar-refractivity contribution in [2.24, 2.45) is 5.41 Å². The quantitative estimate of drug-likeness (QED) is 0.337. The lowest BCUT2D eigenvalue weighted by Crippen LogP contribution is -2.33. The maximum absolute atomic E-state index is 13.6. The van der Waals surface area contributed by atoms with Gasteiger partial charge in [0, 0.05) is 40.4 Å². The highest BCUT2D eigenvalue weighted by Crippen LogP contribution is 2.50. The third-order valence-corrected chi connectivity index (χ3v) is 7.30. The van der Waals surface area contributed by atoms with Gasteiger partial charge in [-0.05, 0) is 65.8 Å². The Kier molecular flexibility index (Phi) is 5.40. The van der Waals surface area contributed by atoms with Crippen molar-refractivity contribution >= 4 is 22.4 Å². The van der Waals surface area contributed by atoms with Gasteiger partial charge in [0.25, 0.3) is 0 Å². The Balaban J connectivity index is 1.44. The van der Waals surface area contributed by atoms with Crippen molar-refractivity contribution in [1.82, 2.24) is 4.98 Å². The number of rotatable bonds is 4. The van der Waals surface area contributed by atoms with Gasteiger partial charge in [0.1, 0.15) is 12.4 Å². The lowest BCUT2D eigenvalue weighted by atomic mass is 9.68. The average molecular weight is 475 g/mol. The van der Waals surface area contributed by atoms with Crippen LogP contribution in [0.1, 0.15) is 55.0 Å². The van der Waals surface area contributed by atoms with Crippen molar-refractivity contribution in [3.63, 3.8) is 0 Å². The number of ketones is 1. The van der Waals surface area contributed by atoms with Gasteiger partial charge < -0.3 is 10.1 Å². The normalized spacial score (nSPS) is 18.4. The minimum Gasteiger partial charge on any atom is -0.489 e. The summed E-state index contributed by atoms with van der Waals surface area (Å²) in [6.45, 7) is 6.88. The molecule has 3 aromatic carbocycles. The van der Waals surface area contributed by atoms with Gasteiger partial charge in [-0.15, -0.1) is 0 Å². The van der Waals surface area contributed by atoms with Gasteiger partial charge in [0.05, 0.1) is 5.52 Å². The van der Waals surface area contributed by atoms with Gasteiger partial charge in [-0.1, -0.05) is 62.4 Å². The molecule has 4 aromatic rings. The first-order valence-corrected chi connectivity index (χ1v) is 12.6. The summed E-state index contributed by atoms with van der Waals surface area (Å²) in [5.41, 5.74) is 8.25. The van der Waals surface area contributed by atoms with Crippen molar-refractivity contribution in [3.8, 4) is 5.75 Å². The summed E-state index contributed by atoms with van der Waals surface area (Å²) in [5.74, 6) is 0.902. The third-order valence-electron chi connectivity index (χ3n) is 7.30. The number of nitrogens with zero attached hydrogens (tertiary/aromatic N) is 1. The summed E-state index contributed by atoms with van der Waals surface area (Å²) in [6.07, 6.45) is 1.41. The Bertz CT molecular complexity index is 1500. The minimum absolute atomic E-state index is 0.0599. The molecule has 2 aliphatic rings. The summed E-state index contributed by atoms with van der Waals surface area (Å²) >= 11 is 0. The van der Waals surface area contributed by atoms with E-state index >= 15 is 0 Å². The molecular weight excluding hydrogens is 444 g/mol. The number of fused-ring (bicyclic) bond motifs is 3. The highest BCUT2D eigenvalue weighted by molar-refractivity contribution is 6.04. The first-order valence-electron chi connectivity index (χ1n) is 12.6. The van der Waals surface area contributed by atoms with Crippen molar-refractivity contribution in [2.45, 2.75) is 46.1 Å². The molecule has 0 bridgehead atoms. The largest absolute Gasteiger partial charge is 0.489 e. The van der Waals surface area contributed by atoms with Crippen LogP contribution in [0.4, 0.5) is 5.69 Å². The summed E-state index contributed by atoms with van der Waals surface area (Å²) in [4.78, 5) is 18.4. The number of aryl methyl sites for hydroxylation is 1. The lowest BCUT2D eigenvalue weighted by molar-refractivity contribution is -0.118. The molecule has 1 unspecified atom stereocenters. The van der Waals surface area contributed by atoms with E-state index in [1.165, 1.54) is 0 Å². The molecule has 0 fully saturated rings. The van der Waals surface area contributed by atoms with Crippen LogP contribution in [0.3, 0.4) is 0 Å². The van der Waals surface area contributed by atoms with Gasteiger partial charge in [0.2, 0.25) is 0 Å². The number of pyridine rings is 1. The van der Waals surface area contributed by atoms with Crippen LogP contribution >= 0.6 is 0 Å². The van der Waals surface area contributed by atoms with Crippen LogP contribution in [0.2, 0.25) is 0 Å². The predicted molar refractivity (Wildman–Crippen MR) is 144 cm³/mol. The molecule has 1 N–H and O–H groups in total. The van der Waals surface area contributed by atoms with Gasteiger partial charge in [-0.25, -0.2) is 0 Å². The molecular formula is C32H30N2O2. The highest BCUT2D eigenvalue weighted by atomic mass is 16.5. The Morgan fingerprint density at radius 1 is 0.944 bits per heavy atom. The highest BCUT2D eigenvalue weighted by Gasteiger charge is 2.41. The molecule has 2 heterocycles. The third kappa shape index (κ3) is 4.07. The minimum atomic E-state index is -0.142. The van der Waals surface area contributed by atoms with Crippen molar-refractivity contribution in [2.75, 3.05) is 5.32 Å². The Morgan fingerprint density at radius 3 is 2.50 bits per heavy atom. The first-order chi connectivity index (χ1) is 17.4. The fourth-order valence-corrected chi connectivity index (χ4v) is 5.67. The van der Waals surface area contributed by atoms with Crippen LogP contribution in [0, 0.1) is 12.3 Å². The van der Waals surface area contributed by atoms with E-state index in [2.05, 4.69) is 67.7 Å². The molecule has 0 saturated carbocycles. The molecule has 1 aliphatic carbocycles. The monoisotopic (exact) mass is 474 g/mol. The molecule has 0 radical (unpaired) electrons. The summed E-state index contributed by atoms with van der Waals surface area (Å²) in [6, 6.07) is 26.8. The standard InChI is InChI=1S/C32H30N2O2/c1-20-9-14-24-25(33-20)15-16-26-30(24)29(31-27(34-26)17-32(2,3)18-28(31)35)22-10-12-23(13-11-22)36-19-21-7-5-4-6-8-21/h4-16,29,34H,17-19H2,1-3H3. The summed E-state index contributed by atoms with van der Waals surface area (Å²) < 4.78 is 6.04. The molecule has 1 atom stereocenters. The second kappa shape index (κ2) is 8.63. The van der Waals surface area contributed by atoms with Crippen LogP contribution in [0.25, 0.3) is 10.9 Å². The van der Waals surface area contributed by atoms with Crippen LogP contribution in [-0.2, 0) is 11.4 Å². The molecule has 4 nitrogen and oxygen atoms in total. The Hall–Kier alpha value is -3.92. The fourth-order valence-electron chi connectivity index (χ4n) is 5.67. The molecule has 1 aliphatic heterocycles. The second-order valence-electron chi connectivity index (χ2n) is 10.8. The molecule has 4 heteroatoms. The van der Waals surface area contributed by atoms with Crippen LogP contribution in [0.15, 0.2) is 90.1 Å². The zero-order chi connectivity index (χ0) is 24.9. The number of allylic oxidation sites excluding steroid dienone is 2. The van der Waals surface area contributed by atoms with Gasteiger partial charge in [-0.3, -0.25) is 9.78 Å². The Morgan fingerprint density at radius 2 is 1.72 bits per heavy atom. The van der Waals surface area contributed by atoms with Gasteiger partial charge >= 0.3 is 0 Å². The van der Waals surface area contributed by atoms with E-state index in [9.17, 15) is 4.79 Å². The van der Waals surface area contributed by atoms with E-state index in [0.717, 1.165) is 62.4 Å². The number of carbonyl (C=O) groups is 1. The summed E-state index contributed by atoms with van der Waals surface area (Å²) in [7, 11) is 0. The van der Waals surface area contributed by atoms with E-state index in [0.29, 0.717) is 13.0 Å². The van der Waals surface area contributed by atoms with Crippen molar-refractivity contribution < 1.29 is 9.53 Å². The molecule has 0 amide bonds. The predicted octanol–water partition coefficient (Wildman–Crippen LogP) is 7.32. The zero-order valence-electron chi connectivity index (χ0n) is 21.0. The number of nitrogens with one attached hydrogen (secondary N) is 1. The number of aromatic nitrogens is 1. The molecule has 0 spiro atoms. The van der Waals surface area contributed by atoms with E-state index in [1.807, 2.05) is 37.3 Å². The van der Waals surface area contributed by atoms with Crippen LogP contribution in [0.5, 0.6) is 5.75 Å². The molecule has 6 rings (SSSR count). The topological polar surface area (TPSA) is 51.2 Å². The van der Waals surface area contributed by atoms with E-state index in [1.54, 1.807) is 0 Å². The zero-order valence-corrected chi connectivity index (χ0v) is 21.0. The summed E-state index contributed by atoms with van der Waals surface area (Å²) in [5, 5.41) is 4.73. The van der Waals surface area contributed by atoms with E-state index in [-0.39, 0.29) is 17.1 Å². The maximum atomic E-state index is 13.6. The van der Waals surface area contributed by atoms with Crippen LogP contribution < -0.4 is 10.1 Å². The number of benzene rings is 3. The van der Waals surface area contributed by atoms with Gasteiger partial charge in [-0.2, -0.15) is 0 Å². The second-order valence-corrected chi connectivity index (χ2v) is 10.8. The average Bonchev–Trinajstić information content (AvgIpc) is 2.86. The molecule has 1 aromatic heterocycles. The smallest absolute Gasteiger partial charge is 0.162 e. The van der Waals surface area contributed by atoms with Gasteiger partial charge in [0.15, 0.2) is 5.78 Å². The fraction of sp³-hybridized carbons (Fsp3) is 0.250. The molecule has 180 valence electrons. The number of ether oxygens (including phenoxy) is 1. The number of Topliss-reactive ketones (excluding diaryl/α,β-unsaturated/α-hetero) is 1. The maximum Gasteiger partial charge on any atom is 0.162 e. The van der Waals surface area contributed by atoms with Crippen molar-refractivity contribution in [1.29, 1.82) is 0 Å². The van der Waals surface area contributed by atoms with E-state index in [4.69, 9.17) is 9.72 Å². The van der Waals surface area contributed by atoms with E-state index < -0.39 is 0 Å². The van der Waals surface area contributed by atoms with Crippen LogP contribution in [-0.4, -0.2) is 10.8 Å². The molecule has 0 saturated heterocycles. The Labute approximate surface area is 212 Å². The number of anilines is 1. The lowest BCUT2D eigenvalue weighted by Gasteiger charge is -2.40. The number of hydrogen-bond donors (Lipinski definition) is 1. The SMILES string of the molecule is Cc1ccc2c3c(ccc2n1)NC1=C(C(=O)CC(C)(C)C1)C3c1ccc(OCc2ccccc2)cc1. The van der Waals surface area contributed by atoms with Crippen molar-refractivity contribution in [3.05, 3.63) is 113 Å². The molecule has 36 heavy (non-hydrogen) atoms. The first kappa shape index (κ1) is 22.5. The number of carbonyl (C=O) groups excluding carboxylic acids is 1. The number of hydrogen-bond acceptors (Lipinski definition) is 4.